The van der Waals surface area contributed by atoms with Gasteiger partial charge in [-0.25, -0.2) is 0 Å². The van der Waals surface area contributed by atoms with E-state index in [4.69, 9.17) is 9.47 Å². The quantitative estimate of drug-likeness (QED) is 0.766. The lowest BCUT2D eigenvalue weighted by molar-refractivity contribution is 0.00397. The van der Waals surface area contributed by atoms with E-state index in [0.717, 1.165) is 65.3 Å². The Balaban J connectivity index is 1.30. The Kier molecular flexibility index (Phi) is 5.99. The Labute approximate surface area is 155 Å². The van der Waals surface area contributed by atoms with Crippen LogP contribution in [-0.2, 0) is 22.4 Å². The maximum absolute atomic E-state index is 6.11. The summed E-state index contributed by atoms with van der Waals surface area (Å²) >= 11 is 0. The van der Waals surface area contributed by atoms with Crippen molar-refractivity contribution in [2.24, 2.45) is 5.92 Å². The van der Waals surface area contributed by atoms with Crippen molar-refractivity contribution in [3.05, 3.63) is 53.9 Å². The van der Waals surface area contributed by atoms with Crippen molar-refractivity contribution in [3.63, 3.8) is 0 Å². The van der Waals surface area contributed by atoms with Gasteiger partial charge in [0.2, 0.25) is 0 Å². The van der Waals surface area contributed by atoms with Crippen LogP contribution in [0.5, 0.6) is 0 Å². The van der Waals surface area contributed by atoms with Gasteiger partial charge in [0, 0.05) is 45.7 Å². The molecule has 4 rings (SSSR count). The summed E-state index contributed by atoms with van der Waals surface area (Å²) < 4.78 is 13.7. The molecule has 1 fully saturated rings. The highest BCUT2D eigenvalue weighted by Crippen LogP contribution is 2.22. The van der Waals surface area contributed by atoms with E-state index in [2.05, 4.69) is 51.1 Å². The molecule has 2 aliphatic heterocycles. The predicted molar refractivity (Wildman–Crippen MR) is 101 cm³/mol. The number of nitrogens with zero attached hydrogens (tertiary/aromatic N) is 3. The highest BCUT2D eigenvalue weighted by atomic mass is 16.5. The van der Waals surface area contributed by atoms with Crippen molar-refractivity contribution in [2.45, 2.75) is 31.8 Å². The van der Waals surface area contributed by atoms with Gasteiger partial charge in [-0.1, -0.05) is 30.3 Å². The van der Waals surface area contributed by atoms with Crippen molar-refractivity contribution < 1.29 is 9.47 Å². The van der Waals surface area contributed by atoms with Crippen LogP contribution in [0.2, 0.25) is 0 Å². The summed E-state index contributed by atoms with van der Waals surface area (Å²) in [7, 11) is 0. The molecular formula is C21H29N3O2. The Morgan fingerprint density at radius 3 is 2.77 bits per heavy atom. The molecule has 0 unspecified atom stereocenters. The maximum Gasteiger partial charge on any atom is 0.0883 e. The first-order valence-electron chi connectivity index (χ1n) is 9.82. The number of ether oxygens (including phenoxy) is 2. The van der Waals surface area contributed by atoms with Gasteiger partial charge in [0.05, 0.1) is 18.3 Å². The molecule has 1 aromatic carbocycles. The Hall–Kier alpha value is -1.69. The topological polar surface area (TPSA) is 39.5 Å². The molecule has 0 aliphatic carbocycles. The standard InChI is InChI=1S/C21H29N3O2/c1-2-4-18(5-3-1)7-11-23-14-20-6-10-22-24(20)21(15-23)17-26-16-19-8-12-25-13-9-19/h1-6,10,19,21H,7-9,11-17H2/t21-/m0/s1. The van der Waals surface area contributed by atoms with Crippen molar-refractivity contribution in [3.8, 4) is 0 Å². The molecule has 140 valence electrons. The molecule has 0 radical (unpaired) electrons. The van der Waals surface area contributed by atoms with E-state index in [0.29, 0.717) is 12.0 Å². The summed E-state index contributed by atoms with van der Waals surface area (Å²) in [4.78, 5) is 2.53. The first kappa shape index (κ1) is 17.7. The van der Waals surface area contributed by atoms with Crippen LogP contribution in [0.4, 0.5) is 0 Å². The Bertz CT molecular complexity index is 667. The third-order valence-electron chi connectivity index (χ3n) is 5.52. The first-order valence-corrected chi connectivity index (χ1v) is 9.82. The third kappa shape index (κ3) is 4.53. The second-order valence-corrected chi connectivity index (χ2v) is 7.48. The van der Waals surface area contributed by atoms with Gasteiger partial charge in [-0.3, -0.25) is 9.58 Å². The smallest absolute Gasteiger partial charge is 0.0883 e. The molecule has 26 heavy (non-hydrogen) atoms. The second-order valence-electron chi connectivity index (χ2n) is 7.48. The minimum absolute atomic E-state index is 0.310. The average molecular weight is 355 g/mol. The lowest BCUT2D eigenvalue weighted by atomic mass is 10.0. The highest BCUT2D eigenvalue weighted by molar-refractivity contribution is 5.15. The zero-order valence-corrected chi connectivity index (χ0v) is 15.4. The zero-order chi connectivity index (χ0) is 17.6. The van der Waals surface area contributed by atoms with E-state index in [1.165, 1.54) is 11.3 Å². The maximum atomic E-state index is 6.11. The predicted octanol–water partition coefficient (Wildman–Crippen LogP) is 2.93. The van der Waals surface area contributed by atoms with Gasteiger partial charge in [0.1, 0.15) is 0 Å². The molecule has 0 amide bonds. The highest BCUT2D eigenvalue weighted by Gasteiger charge is 2.26. The largest absolute Gasteiger partial charge is 0.381 e. The van der Waals surface area contributed by atoms with Gasteiger partial charge in [0.15, 0.2) is 0 Å². The normalized spacial score (nSPS) is 21.6. The van der Waals surface area contributed by atoms with E-state index in [9.17, 15) is 0 Å². The van der Waals surface area contributed by atoms with Crippen molar-refractivity contribution in [1.82, 2.24) is 14.7 Å². The fraction of sp³-hybridized carbons (Fsp3) is 0.571. The van der Waals surface area contributed by atoms with Crippen LogP contribution in [0, 0.1) is 5.92 Å². The molecule has 3 heterocycles. The summed E-state index contributed by atoms with van der Waals surface area (Å²) in [5.41, 5.74) is 2.70. The number of benzene rings is 1. The summed E-state index contributed by atoms with van der Waals surface area (Å²) in [6.07, 6.45) is 5.26. The molecule has 1 aromatic heterocycles. The molecule has 0 bridgehead atoms. The molecule has 5 heteroatoms. The molecule has 2 aliphatic rings. The molecule has 0 N–H and O–H groups in total. The summed E-state index contributed by atoms with van der Waals surface area (Å²) in [5.74, 6) is 0.651. The SMILES string of the molecule is c1ccc(CCN2Cc3ccnn3[C@H](COCC3CCOCC3)C2)cc1. The molecule has 5 nitrogen and oxygen atoms in total. The Morgan fingerprint density at radius 2 is 1.92 bits per heavy atom. The van der Waals surface area contributed by atoms with Gasteiger partial charge in [-0.2, -0.15) is 5.10 Å². The van der Waals surface area contributed by atoms with Gasteiger partial charge in [0.25, 0.3) is 0 Å². The number of hydrogen-bond acceptors (Lipinski definition) is 4. The van der Waals surface area contributed by atoms with Crippen LogP contribution in [0.25, 0.3) is 0 Å². The first-order chi connectivity index (χ1) is 12.9. The number of fused-ring (bicyclic) bond motifs is 1. The molecular weight excluding hydrogens is 326 g/mol. The molecule has 1 saturated heterocycles. The minimum Gasteiger partial charge on any atom is -0.381 e. The zero-order valence-electron chi connectivity index (χ0n) is 15.4. The lowest BCUT2D eigenvalue weighted by Gasteiger charge is -2.34. The molecule has 0 saturated carbocycles. The van der Waals surface area contributed by atoms with E-state index >= 15 is 0 Å². The lowest BCUT2D eigenvalue weighted by Crippen LogP contribution is -2.40. The monoisotopic (exact) mass is 355 g/mol. The number of hydrogen-bond donors (Lipinski definition) is 0. The van der Waals surface area contributed by atoms with Crippen molar-refractivity contribution >= 4 is 0 Å². The van der Waals surface area contributed by atoms with Crippen LogP contribution in [-0.4, -0.2) is 54.2 Å². The molecule has 0 spiro atoms. The van der Waals surface area contributed by atoms with E-state index in [1.807, 2.05) is 6.20 Å². The van der Waals surface area contributed by atoms with Gasteiger partial charge >= 0.3 is 0 Å². The third-order valence-corrected chi connectivity index (χ3v) is 5.52. The number of rotatable bonds is 7. The van der Waals surface area contributed by atoms with E-state index in [1.54, 1.807) is 0 Å². The minimum atomic E-state index is 0.310. The van der Waals surface area contributed by atoms with E-state index < -0.39 is 0 Å². The van der Waals surface area contributed by atoms with Crippen molar-refractivity contribution in [1.29, 1.82) is 0 Å². The second kappa shape index (κ2) is 8.80. The van der Waals surface area contributed by atoms with Gasteiger partial charge in [-0.05, 0) is 36.8 Å². The van der Waals surface area contributed by atoms with Crippen molar-refractivity contribution in [2.75, 3.05) is 39.5 Å². The molecule has 1 atom stereocenters. The fourth-order valence-corrected chi connectivity index (χ4v) is 3.97. The summed E-state index contributed by atoms with van der Waals surface area (Å²) in [6.45, 7) is 6.42. The summed E-state index contributed by atoms with van der Waals surface area (Å²) in [6, 6.07) is 13.2. The van der Waals surface area contributed by atoms with Gasteiger partial charge in [-0.15, -0.1) is 0 Å². The van der Waals surface area contributed by atoms with Gasteiger partial charge < -0.3 is 9.47 Å². The fourth-order valence-electron chi connectivity index (χ4n) is 3.97. The van der Waals surface area contributed by atoms with Crippen LogP contribution in [0.1, 0.15) is 30.1 Å². The van der Waals surface area contributed by atoms with Crippen LogP contribution >= 0.6 is 0 Å². The summed E-state index contributed by atoms with van der Waals surface area (Å²) in [5, 5.41) is 4.55. The van der Waals surface area contributed by atoms with Crippen LogP contribution in [0.3, 0.4) is 0 Å². The van der Waals surface area contributed by atoms with E-state index in [-0.39, 0.29) is 0 Å². The molecule has 2 aromatic rings. The average Bonchev–Trinajstić information content (AvgIpc) is 3.17. The van der Waals surface area contributed by atoms with Crippen LogP contribution < -0.4 is 0 Å². The number of aromatic nitrogens is 2. The van der Waals surface area contributed by atoms with Crippen LogP contribution in [0.15, 0.2) is 42.6 Å². The Morgan fingerprint density at radius 1 is 1.08 bits per heavy atom.